The first-order valence-electron chi connectivity index (χ1n) is 9.85. The highest BCUT2D eigenvalue weighted by Gasteiger charge is 2.39. The summed E-state index contributed by atoms with van der Waals surface area (Å²) in [6.07, 6.45) is 2.21. The van der Waals surface area contributed by atoms with Gasteiger partial charge in [0.25, 0.3) is 0 Å². The quantitative estimate of drug-likeness (QED) is 0.455. The summed E-state index contributed by atoms with van der Waals surface area (Å²) in [6.45, 7) is 0. The van der Waals surface area contributed by atoms with Gasteiger partial charge in [0.2, 0.25) is 5.95 Å². The molecule has 3 N–H and O–H groups in total. The molecule has 5 heteroatoms. The van der Waals surface area contributed by atoms with Crippen molar-refractivity contribution in [1.82, 2.24) is 9.55 Å². The molecule has 0 saturated carbocycles. The predicted molar refractivity (Wildman–Crippen MR) is 117 cm³/mol. The van der Waals surface area contributed by atoms with Crippen LogP contribution in [-0.2, 0) is 16.8 Å². The molecule has 1 heterocycles. The lowest BCUT2D eigenvalue weighted by Crippen LogP contribution is -2.38. The lowest BCUT2D eigenvalue weighted by molar-refractivity contribution is -0.136. The molecule has 4 rings (SSSR count). The van der Waals surface area contributed by atoms with Crippen LogP contribution in [0, 0.1) is 0 Å². The Bertz CT molecular complexity index is 1030. The van der Waals surface area contributed by atoms with E-state index in [1.54, 1.807) is 0 Å². The van der Waals surface area contributed by atoms with Gasteiger partial charge in [-0.05, 0) is 16.7 Å². The summed E-state index contributed by atoms with van der Waals surface area (Å²) in [4.78, 5) is 15.6. The minimum atomic E-state index is -0.858. The summed E-state index contributed by atoms with van der Waals surface area (Å²) >= 11 is 0. The highest BCUT2D eigenvalue weighted by Crippen LogP contribution is 2.42. The zero-order valence-corrected chi connectivity index (χ0v) is 16.5. The lowest BCUT2D eigenvalue weighted by Gasteiger charge is -2.38. The van der Waals surface area contributed by atoms with Crippen molar-refractivity contribution >= 4 is 11.9 Å². The molecule has 30 heavy (non-hydrogen) atoms. The molecule has 0 aliphatic carbocycles. The molecule has 4 aromatic rings. The van der Waals surface area contributed by atoms with Gasteiger partial charge in [-0.3, -0.25) is 9.36 Å². The number of carboxylic acids is 1. The maximum Gasteiger partial charge on any atom is 0.303 e. The van der Waals surface area contributed by atoms with Gasteiger partial charge in [-0.2, -0.15) is 0 Å². The van der Waals surface area contributed by atoms with Crippen molar-refractivity contribution < 1.29 is 9.90 Å². The summed E-state index contributed by atoms with van der Waals surface area (Å²) < 4.78 is 1.96. The molecule has 3 aromatic carbocycles. The molecule has 0 spiro atoms. The minimum Gasteiger partial charge on any atom is -0.481 e. The van der Waals surface area contributed by atoms with Gasteiger partial charge in [0.15, 0.2) is 0 Å². The minimum absolute atomic E-state index is 0.00542. The van der Waals surface area contributed by atoms with Gasteiger partial charge in [-0.15, -0.1) is 0 Å². The van der Waals surface area contributed by atoms with E-state index in [4.69, 9.17) is 10.8 Å². The Hall–Kier alpha value is -3.86. The van der Waals surface area contributed by atoms with Crippen molar-refractivity contribution in [3.05, 3.63) is 120 Å². The number of hydrogen-bond acceptors (Lipinski definition) is 3. The molecule has 0 aliphatic heterocycles. The van der Waals surface area contributed by atoms with Gasteiger partial charge in [0.05, 0.1) is 12.1 Å². The molecule has 0 saturated heterocycles. The summed E-state index contributed by atoms with van der Waals surface area (Å²) in [5.74, 6) is -0.518. The van der Waals surface area contributed by atoms with Crippen LogP contribution in [0.1, 0.15) is 28.8 Å². The first-order valence-corrected chi connectivity index (χ1v) is 9.85. The first kappa shape index (κ1) is 19.5. The summed E-state index contributed by atoms with van der Waals surface area (Å²) in [7, 11) is 0. The van der Waals surface area contributed by atoms with E-state index in [9.17, 15) is 4.79 Å². The molecular formula is C25H23N3O2. The molecule has 0 unspecified atom stereocenters. The largest absolute Gasteiger partial charge is 0.481 e. The van der Waals surface area contributed by atoms with E-state index in [2.05, 4.69) is 41.4 Å². The van der Waals surface area contributed by atoms with E-state index in [1.165, 1.54) is 0 Å². The number of aromatic nitrogens is 2. The summed E-state index contributed by atoms with van der Waals surface area (Å²) in [5, 5.41) is 9.08. The summed E-state index contributed by atoms with van der Waals surface area (Å²) in [6, 6.07) is 30.5. The van der Waals surface area contributed by atoms with E-state index in [0.29, 0.717) is 18.1 Å². The average molecular weight is 397 g/mol. The summed E-state index contributed by atoms with van der Waals surface area (Å²) in [5.41, 5.74) is 9.47. The molecule has 0 atom stereocenters. The molecule has 150 valence electrons. The van der Waals surface area contributed by atoms with Crippen LogP contribution in [-0.4, -0.2) is 20.6 Å². The van der Waals surface area contributed by atoms with Crippen LogP contribution in [0.5, 0.6) is 0 Å². The van der Waals surface area contributed by atoms with Crippen molar-refractivity contribution in [1.29, 1.82) is 0 Å². The average Bonchev–Trinajstić information content (AvgIpc) is 3.16. The number of aliphatic carboxylic acids is 1. The van der Waals surface area contributed by atoms with Crippen LogP contribution in [0.25, 0.3) is 0 Å². The molecule has 0 fully saturated rings. The van der Waals surface area contributed by atoms with E-state index >= 15 is 0 Å². The number of benzene rings is 3. The predicted octanol–water partition coefficient (Wildman–Crippen LogP) is 4.32. The van der Waals surface area contributed by atoms with Crippen LogP contribution in [0.4, 0.5) is 5.95 Å². The number of carbonyl (C=O) groups is 1. The molecule has 0 bridgehead atoms. The Kier molecular flexibility index (Phi) is 5.35. The van der Waals surface area contributed by atoms with E-state index < -0.39 is 11.5 Å². The van der Waals surface area contributed by atoms with Crippen LogP contribution >= 0.6 is 0 Å². The maximum absolute atomic E-state index is 11.1. The van der Waals surface area contributed by atoms with Gasteiger partial charge < -0.3 is 10.8 Å². The Morgan fingerprint density at radius 2 is 1.27 bits per heavy atom. The second kappa shape index (κ2) is 8.25. The zero-order chi connectivity index (χ0) is 21.0. The Morgan fingerprint density at radius 1 is 0.833 bits per heavy atom. The third-order valence-corrected chi connectivity index (χ3v) is 5.31. The van der Waals surface area contributed by atoms with Gasteiger partial charge in [0.1, 0.15) is 5.54 Å². The highest BCUT2D eigenvalue weighted by molar-refractivity contribution is 5.67. The number of nitrogens with two attached hydrogens (primary N) is 1. The fourth-order valence-corrected chi connectivity index (χ4v) is 4.02. The van der Waals surface area contributed by atoms with Crippen LogP contribution in [0.3, 0.4) is 0 Å². The van der Waals surface area contributed by atoms with Crippen molar-refractivity contribution in [2.24, 2.45) is 0 Å². The van der Waals surface area contributed by atoms with Crippen LogP contribution in [0.2, 0.25) is 0 Å². The monoisotopic (exact) mass is 397 g/mol. The number of rotatable bonds is 7. The van der Waals surface area contributed by atoms with Gasteiger partial charge in [0, 0.05) is 12.6 Å². The van der Waals surface area contributed by atoms with E-state index in [0.717, 1.165) is 16.7 Å². The Balaban J connectivity index is 2.03. The number of anilines is 1. The van der Waals surface area contributed by atoms with Crippen molar-refractivity contribution in [3.63, 3.8) is 0 Å². The second-order valence-electron chi connectivity index (χ2n) is 7.16. The fraction of sp³-hybridized carbons (Fsp3) is 0.120. The topological polar surface area (TPSA) is 81.1 Å². The Morgan fingerprint density at radius 3 is 1.67 bits per heavy atom. The number of nitrogen functional groups attached to an aromatic ring is 1. The molecule has 5 nitrogen and oxygen atoms in total. The number of hydrogen-bond donors (Lipinski definition) is 2. The van der Waals surface area contributed by atoms with Crippen LogP contribution < -0.4 is 5.73 Å². The van der Waals surface area contributed by atoms with Crippen molar-refractivity contribution in [3.8, 4) is 0 Å². The molecule has 0 radical (unpaired) electrons. The maximum atomic E-state index is 11.1. The first-order chi connectivity index (χ1) is 14.6. The standard InChI is InChI=1S/C25H23N3O2/c26-24-27-22(16-17-23(29)30)18-28(24)25(19-10-4-1-5-11-19,20-12-6-2-7-13-20)21-14-8-3-9-15-21/h1-15,18H,16-17H2,(H2,26,27)(H,29,30). The van der Waals surface area contributed by atoms with Gasteiger partial charge in [-0.1, -0.05) is 91.0 Å². The molecule has 1 aromatic heterocycles. The highest BCUT2D eigenvalue weighted by atomic mass is 16.4. The van der Waals surface area contributed by atoms with Crippen molar-refractivity contribution in [2.75, 3.05) is 5.73 Å². The van der Waals surface area contributed by atoms with E-state index in [-0.39, 0.29) is 6.42 Å². The lowest BCUT2D eigenvalue weighted by atomic mass is 9.76. The molecular weight excluding hydrogens is 374 g/mol. The van der Waals surface area contributed by atoms with E-state index in [1.807, 2.05) is 65.4 Å². The Labute approximate surface area is 175 Å². The molecule has 0 aliphatic rings. The van der Waals surface area contributed by atoms with Crippen LogP contribution in [0.15, 0.2) is 97.2 Å². The number of carboxylic acid groups (broad SMARTS) is 1. The number of imidazole rings is 1. The third-order valence-electron chi connectivity index (χ3n) is 5.31. The number of nitrogens with zero attached hydrogens (tertiary/aromatic N) is 2. The number of aryl methyl sites for hydroxylation is 1. The third kappa shape index (κ3) is 3.46. The normalized spacial score (nSPS) is 11.3. The SMILES string of the molecule is Nc1nc(CCC(=O)O)cn1C(c1ccccc1)(c1ccccc1)c1ccccc1. The molecule has 0 amide bonds. The van der Waals surface area contributed by atoms with Gasteiger partial charge in [-0.25, -0.2) is 4.98 Å². The van der Waals surface area contributed by atoms with Gasteiger partial charge >= 0.3 is 5.97 Å². The zero-order valence-electron chi connectivity index (χ0n) is 16.5. The second-order valence-corrected chi connectivity index (χ2v) is 7.16. The smallest absolute Gasteiger partial charge is 0.303 e. The van der Waals surface area contributed by atoms with Crippen molar-refractivity contribution in [2.45, 2.75) is 18.4 Å². The fourth-order valence-electron chi connectivity index (χ4n) is 4.02.